The molecule has 6 rings (SSSR count). The predicted octanol–water partition coefficient (Wildman–Crippen LogP) is 3.49. The maximum atomic E-state index is 14.0. The van der Waals surface area contributed by atoms with E-state index in [0.717, 1.165) is 30.6 Å². The van der Waals surface area contributed by atoms with E-state index in [0.29, 0.717) is 18.0 Å². The maximum Gasteiger partial charge on any atom is 0.246 e. The molecule has 2 aromatic rings. The lowest BCUT2D eigenvalue weighted by Crippen LogP contribution is -2.56. The number of ether oxygens (including phenoxy) is 2. The Labute approximate surface area is 220 Å². The number of benzene rings is 1. The van der Waals surface area contributed by atoms with Gasteiger partial charge in [-0.3, -0.25) is 14.4 Å². The molecule has 194 valence electrons. The second kappa shape index (κ2) is 9.61. The van der Waals surface area contributed by atoms with Crippen molar-refractivity contribution in [2.24, 2.45) is 11.8 Å². The van der Waals surface area contributed by atoms with Crippen LogP contribution in [0.3, 0.4) is 0 Å². The van der Waals surface area contributed by atoms with Crippen molar-refractivity contribution < 1.29 is 23.9 Å². The van der Waals surface area contributed by atoms with Crippen LogP contribution in [0.5, 0.6) is 5.75 Å². The highest BCUT2D eigenvalue weighted by Crippen LogP contribution is 2.55. The number of amides is 3. The number of methoxy groups -OCH3 is 1. The van der Waals surface area contributed by atoms with E-state index in [1.165, 1.54) is 6.42 Å². The molecule has 4 aliphatic rings. The van der Waals surface area contributed by atoms with Crippen molar-refractivity contribution in [1.82, 2.24) is 10.2 Å². The van der Waals surface area contributed by atoms with Gasteiger partial charge in [-0.1, -0.05) is 37.5 Å². The Hall–Kier alpha value is -3.17. The summed E-state index contributed by atoms with van der Waals surface area (Å²) in [6.45, 7) is 0.312. The number of hydrogen-bond donors (Lipinski definition) is 2. The van der Waals surface area contributed by atoms with Gasteiger partial charge < -0.3 is 25.0 Å². The summed E-state index contributed by atoms with van der Waals surface area (Å²) >= 11 is 1.54. The molecule has 1 aromatic carbocycles. The summed E-state index contributed by atoms with van der Waals surface area (Å²) in [4.78, 5) is 44.0. The molecular weight excluding hydrogens is 490 g/mol. The lowest BCUT2D eigenvalue weighted by molar-refractivity contribution is -0.142. The summed E-state index contributed by atoms with van der Waals surface area (Å²) in [6, 6.07) is 10.2. The molecule has 1 aromatic heterocycles. The molecular formula is C28H31N3O5S. The van der Waals surface area contributed by atoms with Crippen LogP contribution in [0.2, 0.25) is 0 Å². The maximum absolute atomic E-state index is 14.0. The van der Waals surface area contributed by atoms with Crippen LogP contribution < -0.4 is 15.4 Å². The molecule has 2 bridgehead atoms. The molecule has 3 amide bonds. The van der Waals surface area contributed by atoms with Crippen LogP contribution in [-0.2, 0) is 25.7 Å². The van der Waals surface area contributed by atoms with Gasteiger partial charge in [0.15, 0.2) is 0 Å². The number of carbonyl (C=O) groups is 3. The van der Waals surface area contributed by atoms with Crippen molar-refractivity contribution in [1.29, 1.82) is 0 Å². The number of nitrogens with zero attached hydrogens (tertiary/aromatic N) is 1. The van der Waals surface area contributed by atoms with E-state index < -0.39 is 29.6 Å². The van der Waals surface area contributed by atoms with Gasteiger partial charge >= 0.3 is 0 Å². The summed E-state index contributed by atoms with van der Waals surface area (Å²) in [6.07, 6.45) is 8.40. The average molecular weight is 522 g/mol. The molecule has 2 N–H and O–H groups in total. The molecule has 4 heterocycles. The van der Waals surface area contributed by atoms with E-state index in [1.807, 2.05) is 29.7 Å². The zero-order valence-corrected chi connectivity index (χ0v) is 21.5. The molecule has 37 heavy (non-hydrogen) atoms. The Balaban J connectivity index is 1.29. The topological polar surface area (TPSA) is 97.0 Å². The minimum Gasteiger partial charge on any atom is -0.497 e. The lowest BCUT2D eigenvalue weighted by Gasteiger charge is -2.34. The number of carbonyl (C=O) groups excluding carboxylic acids is 3. The van der Waals surface area contributed by atoms with Gasteiger partial charge in [-0.2, -0.15) is 0 Å². The minimum atomic E-state index is -1.15. The van der Waals surface area contributed by atoms with Crippen LogP contribution in [0.1, 0.15) is 37.0 Å². The predicted molar refractivity (Wildman–Crippen MR) is 139 cm³/mol. The summed E-state index contributed by atoms with van der Waals surface area (Å²) in [7, 11) is 1.58. The number of thiophene rings is 1. The van der Waals surface area contributed by atoms with Crippen molar-refractivity contribution in [2.45, 2.75) is 62.4 Å². The van der Waals surface area contributed by atoms with Crippen molar-refractivity contribution in [3.05, 3.63) is 58.8 Å². The quantitative estimate of drug-likeness (QED) is 0.544. The van der Waals surface area contributed by atoms with Crippen LogP contribution in [-0.4, -0.2) is 53.5 Å². The number of hydrogen-bond acceptors (Lipinski definition) is 6. The Morgan fingerprint density at radius 1 is 1.14 bits per heavy atom. The first-order valence-electron chi connectivity index (χ1n) is 13.0. The third-order valence-corrected chi connectivity index (χ3v) is 9.00. The van der Waals surface area contributed by atoms with Crippen LogP contribution >= 0.6 is 11.3 Å². The van der Waals surface area contributed by atoms with Gasteiger partial charge in [0.1, 0.15) is 17.4 Å². The van der Waals surface area contributed by atoms with Crippen molar-refractivity contribution >= 4 is 34.7 Å². The minimum absolute atomic E-state index is 0.104. The van der Waals surface area contributed by atoms with Crippen LogP contribution in [0.4, 0.5) is 5.69 Å². The molecule has 3 fully saturated rings. The normalized spacial score (nSPS) is 30.4. The fourth-order valence-electron chi connectivity index (χ4n) is 6.44. The van der Waals surface area contributed by atoms with E-state index in [1.54, 1.807) is 47.6 Å². The summed E-state index contributed by atoms with van der Waals surface area (Å²) in [5.41, 5.74) is -0.543. The van der Waals surface area contributed by atoms with Crippen LogP contribution in [0.25, 0.3) is 0 Å². The van der Waals surface area contributed by atoms with Gasteiger partial charge in [0.2, 0.25) is 17.7 Å². The lowest BCUT2D eigenvalue weighted by atomic mass is 9.74. The van der Waals surface area contributed by atoms with Gasteiger partial charge in [-0.15, -0.1) is 11.3 Å². The zero-order valence-electron chi connectivity index (χ0n) is 20.7. The summed E-state index contributed by atoms with van der Waals surface area (Å²) < 4.78 is 11.6. The first kappa shape index (κ1) is 24.2. The molecule has 0 radical (unpaired) electrons. The van der Waals surface area contributed by atoms with Crippen molar-refractivity contribution in [3.63, 3.8) is 0 Å². The van der Waals surface area contributed by atoms with E-state index in [-0.39, 0.29) is 23.8 Å². The van der Waals surface area contributed by atoms with Gasteiger partial charge in [0.25, 0.3) is 0 Å². The number of fused-ring (bicyclic) bond motifs is 1. The monoisotopic (exact) mass is 521 g/mol. The molecule has 5 atom stereocenters. The Morgan fingerprint density at radius 2 is 1.92 bits per heavy atom. The third-order valence-electron chi connectivity index (χ3n) is 8.14. The van der Waals surface area contributed by atoms with E-state index in [2.05, 4.69) is 10.6 Å². The highest BCUT2D eigenvalue weighted by molar-refractivity contribution is 7.09. The van der Waals surface area contributed by atoms with Crippen LogP contribution in [0.15, 0.2) is 53.9 Å². The number of likely N-dealkylation sites (tertiary alicyclic amines) is 1. The molecule has 2 saturated heterocycles. The zero-order chi connectivity index (χ0) is 25.6. The fraction of sp³-hybridized carbons (Fsp3) is 0.464. The van der Waals surface area contributed by atoms with E-state index in [4.69, 9.17) is 9.47 Å². The smallest absolute Gasteiger partial charge is 0.246 e. The van der Waals surface area contributed by atoms with E-state index in [9.17, 15) is 14.4 Å². The van der Waals surface area contributed by atoms with Crippen LogP contribution in [0, 0.1) is 11.8 Å². The van der Waals surface area contributed by atoms with Gasteiger partial charge in [0, 0.05) is 16.6 Å². The highest BCUT2D eigenvalue weighted by atomic mass is 32.1. The molecule has 1 aliphatic carbocycles. The van der Waals surface area contributed by atoms with Crippen molar-refractivity contribution in [2.75, 3.05) is 12.4 Å². The number of anilines is 1. The largest absolute Gasteiger partial charge is 0.497 e. The van der Waals surface area contributed by atoms with Crippen molar-refractivity contribution in [3.8, 4) is 5.75 Å². The third kappa shape index (κ3) is 4.14. The second-order valence-corrected chi connectivity index (χ2v) is 11.3. The second-order valence-electron chi connectivity index (χ2n) is 10.3. The highest BCUT2D eigenvalue weighted by Gasteiger charge is 2.72. The first-order valence-corrected chi connectivity index (χ1v) is 13.8. The molecule has 9 heteroatoms. The van der Waals surface area contributed by atoms with E-state index >= 15 is 0 Å². The van der Waals surface area contributed by atoms with Gasteiger partial charge in [-0.25, -0.2) is 0 Å². The fourth-order valence-corrected chi connectivity index (χ4v) is 7.14. The average Bonchev–Trinajstić information content (AvgIpc) is 3.68. The first-order chi connectivity index (χ1) is 18.0. The Morgan fingerprint density at radius 3 is 2.62 bits per heavy atom. The molecule has 8 nitrogen and oxygen atoms in total. The van der Waals surface area contributed by atoms with Gasteiger partial charge in [-0.05, 0) is 48.6 Å². The molecule has 0 unspecified atom stereocenters. The Kier molecular flexibility index (Phi) is 6.28. The van der Waals surface area contributed by atoms with Gasteiger partial charge in [0.05, 0.1) is 31.6 Å². The standard InChI is InChI=1S/C28H31N3O5S/c1-35-19-11-9-18(10-12-19)29-25(32)22-21-13-14-28(36-21)23(22)27(34)31(16-20-8-5-15-37-20)24(28)26(33)30-17-6-3-2-4-7-17/h5,8-15,17,21-24H,2-4,6-7,16H2,1H3,(H,29,32)(H,30,33)/t21-,22+,23-,24-,28-/m1/s1. The SMILES string of the molecule is COc1ccc(NC(=O)[C@H]2[C@H]3C=C[C@@]4(O3)[C@H]2C(=O)N(Cc2cccs2)[C@@H]4C(=O)NC2CCCCC2)cc1. The number of rotatable bonds is 7. The number of nitrogens with one attached hydrogen (secondary N) is 2. The molecule has 3 aliphatic heterocycles. The summed E-state index contributed by atoms with van der Waals surface area (Å²) in [5.74, 6) is -1.49. The summed E-state index contributed by atoms with van der Waals surface area (Å²) in [5, 5.41) is 8.12. The molecule has 1 spiro atoms. The Bertz CT molecular complexity index is 1210. The molecule has 1 saturated carbocycles.